The summed E-state index contributed by atoms with van der Waals surface area (Å²) in [6.07, 6.45) is -5.39. The summed E-state index contributed by atoms with van der Waals surface area (Å²) in [5, 5.41) is 0. The predicted molar refractivity (Wildman–Crippen MR) is 86.4 cm³/mol. The Bertz CT molecular complexity index is 531. The smallest absolute Gasteiger partial charge is 0.456 e. The highest BCUT2D eigenvalue weighted by Gasteiger charge is 2.58. The van der Waals surface area contributed by atoms with Crippen LogP contribution in [0.15, 0.2) is 0 Å². The molecule has 0 aliphatic heterocycles. The number of halogens is 5. The van der Waals surface area contributed by atoms with E-state index in [1.807, 2.05) is 20.8 Å². The van der Waals surface area contributed by atoms with Crippen molar-refractivity contribution in [1.82, 2.24) is 0 Å². The Kier molecular flexibility index (Phi) is 10.4. The van der Waals surface area contributed by atoms with Crippen molar-refractivity contribution in [2.45, 2.75) is 65.0 Å². The van der Waals surface area contributed by atoms with Crippen molar-refractivity contribution in [2.75, 3.05) is 19.8 Å². The van der Waals surface area contributed by atoms with Crippen molar-refractivity contribution in [1.29, 1.82) is 0 Å². The minimum Gasteiger partial charge on any atom is -0.462 e. The van der Waals surface area contributed by atoms with E-state index in [1.165, 1.54) is 0 Å². The second kappa shape index (κ2) is 11.2. The number of carbonyl (C=O) groups is 3. The largest absolute Gasteiger partial charge is 0.462 e. The van der Waals surface area contributed by atoms with Gasteiger partial charge in [0, 0.05) is 6.42 Å². The van der Waals surface area contributed by atoms with Crippen LogP contribution in [-0.4, -0.2) is 49.8 Å². The molecule has 6 nitrogen and oxygen atoms in total. The quantitative estimate of drug-likeness (QED) is 0.207. The summed E-state index contributed by atoms with van der Waals surface area (Å²) in [7, 11) is 0. The summed E-state index contributed by atoms with van der Waals surface area (Å²) < 4.78 is 74.2. The first-order valence-corrected chi connectivity index (χ1v) is 8.61. The van der Waals surface area contributed by atoms with Crippen LogP contribution in [0.4, 0.5) is 22.0 Å². The highest BCUT2D eigenvalue weighted by atomic mass is 19.4. The third-order valence-corrected chi connectivity index (χ3v) is 3.93. The second-order valence-electron chi connectivity index (χ2n) is 6.82. The van der Waals surface area contributed by atoms with Gasteiger partial charge in [-0.05, 0) is 11.8 Å². The lowest BCUT2D eigenvalue weighted by Gasteiger charge is -2.21. The van der Waals surface area contributed by atoms with Gasteiger partial charge in [0.05, 0.1) is 12.8 Å². The summed E-state index contributed by atoms with van der Waals surface area (Å²) in [6, 6.07) is 0. The van der Waals surface area contributed by atoms with Crippen LogP contribution in [0, 0.1) is 5.41 Å². The molecule has 0 rings (SSSR count). The average Bonchev–Trinajstić information content (AvgIpc) is 2.59. The van der Waals surface area contributed by atoms with Gasteiger partial charge in [0.15, 0.2) is 6.61 Å². The second-order valence-corrected chi connectivity index (χ2v) is 6.82. The molecule has 0 radical (unpaired) electrons. The molecule has 164 valence electrons. The SMILES string of the molecule is CCC(C)(C)CCC(=O)OCCOC(=O)CCC(=O)OCC(F)(F)C(F)(F)F. The Labute approximate surface area is 159 Å². The van der Waals surface area contributed by atoms with Crippen LogP contribution in [0.5, 0.6) is 0 Å². The molecule has 0 aliphatic rings. The Balaban J connectivity index is 3.91. The Hall–Kier alpha value is -1.94. The van der Waals surface area contributed by atoms with Crippen LogP contribution in [0.3, 0.4) is 0 Å². The van der Waals surface area contributed by atoms with Crippen molar-refractivity contribution in [3.63, 3.8) is 0 Å². The number of alkyl halides is 5. The summed E-state index contributed by atoms with van der Waals surface area (Å²) in [6.45, 7) is 3.40. The lowest BCUT2D eigenvalue weighted by molar-refractivity contribution is -0.294. The van der Waals surface area contributed by atoms with Gasteiger partial charge >= 0.3 is 30.0 Å². The van der Waals surface area contributed by atoms with Gasteiger partial charge in [0.2, 0.25) is 0 Å². The average molecular weight is 420 g/mol. The fraction of sp³-hybridized carbons (Fsp3) is 0.824. The maximum Gasteiger partial charge on any atom is 0.456 e. The molecule has 11 heteroatoms. The molecule has 0 aromatic rings. The van der Waals surface area contributed by atoms with E-state index < -0.39 is 49.5 Å². The molecule has 0 aromatic carbocycles. The lowest BCUT2D eigenvalue weighted by atomic mass is 9.85. The van der Waals surface area contributed by atoms with Crippen molar-refractivity contribution in [3.8, 4) is 0 Å². The molecule has 0 aromatic heterocycles. The number of carbonyl (C=O) groups excluding carboxylic acids is 3. The van der Waals surface area contributed by atoms with Crippen LogP contribution < -0.4 is 0 Å². The van der Waals surface area contributed by atoms with Crippen LogP contribution >= 0.6 is 0 Å². The van der Waals surface area contributed by atoms with Crippen molar-refractivity contribution < 1.29 is 50.5 Å². The number of hydrogen-bond donors (Lipinski definition) is 0. The fourth-order valence-electron chi connectivity index (χ4n) is 1.60. The zero-order chi connectivity index (χ0) is 22.0. The fourth-order valence-corrected chi connectivity index (χ4v) is 1.60. The highest BCUT2D eigenvalue weighted by Crippen LogP contribution is 2.35. The molecule has 0 fully saturated rings. The first kappa shape index (κ1) is 26.1. The normalized spacial score (nSPS) is 12.4. The van der Waals surface area contributed by atoms with Gasteiger partial charge in [-0.3, -0.25) is 14.4 Å². The van der Waals surface area contributed by atoms with E-state index >= 15 is 0 Å². The van der Waals surface area contributed by atoms with Gasteiger partial charge in [0.25, 0.3) is 0 Å². The molecule has 0 atom stereocenters. The summed E-state index contributed by atoms with van der Waals surface area (Å²) in [5.41, 5.74) is 0.00412. The maximum atomic E-state index is 12.6. The van der Waals surface area contributed by atoms with E-state index in [4.69, 9.17) is 4.74 Å². The molecule has 0 unspecified atom stereocenters. The van der Waals surface area contributed by atoms with E-state index in [9.17, 15) is 36.3 Å². The molecular weight excluding hydrogens is 395 g/mol. The minimum absolute atomic E-state index is 0.00412. The van der Waals surface area contributed by atoms with Gasteiger partial charge in [-0.25, -0.2) is 0 Å². The highest BCUT2D eigenvalue weighted by molar-refractivity contribution is 5.77. The van der Waals surface area contributed by atoms with Gasteiger partial charge in [-0.2, -0.15) is 22.0 Å². The maximum absolute atomic E-state index is 12.6. The van der Waals surface area contributed by atoms with Crippen LogP contribution in [0.25, 0.3) is 0 Å². The summed E-state index contributed by atoms with van der Waals surface area (Å²) in [4.78, 5) is 34.0. The van der Waals surface area contributed by atoms with Crippen LogP contribution in [0.2, 0.25) is 0 Å². The van der Waals surface area contributed by atoms with Gasteiger partial charge in [-0.1, -0.05) is 27.2 Å². The van der Waals surface area contributed by atoms with Crippen LogP contribution in [-0.2, 0) is 28.6 Å². The predicted octanol–water partition coefficient (Wildman–Crippen LogP) is 3.81. The Morgan fingerprint density at radius 2 is 1.18 bits per heavy atom. The minimum atomic E-state index is -5.84. The van der Waals surface area contributed by atoms with E-state index in [-0.39, 0.29) is 25.0 Å². The summed E-state index contributed by atoms with van der Waals surface area (Å²) in [5.74, 6) is -7.93. The van der Waals surface area contributed by atoms with E-state index in [2.05, 4.69) is 9.47 Å². The van der Waals surface area contributed by atoms with Gasteiger partial charge in [0.1, 0.15) is 13.2 Å². The van der Waals surface area contributed by atoms with E-state index in [0.29, 0.717) is 6.42 Å². The molecular formula is C17H25F5O6. The lowest BCUT2D eigenvalue weighted by Crippen LogP contribution is -2.41. The monoisotopic (exact) mass is 420 g/mol. The van der Waals surface area contributed by atoms with Gasteiger partial charge < -0.3 is 14.2 Å². The molecule has 0 heterocycles. The number of hydrogen-bond acceptors (Lipinski definition) is 6. The standard InChI is InChI=1S/C17H25F5O6/c1-4-15(2,3)8-7-14(25)27-10-9-26-12(23)5-6-13(24)28-11-16(18,19)17(20,21)22/h4-11H2,1-3H3. The van der Waals surface area contributed by atoms with Crippen molar-refractivity contribution >= 4 is 17.9 Å². The Morgan fingerprint density at radius 3 is 1.61 bits per heavy atom. The topological polar surface area (TPSA) is 78.9 Å². The molecule has 0 amide bonds. The molecule has 0 bridgehead atoms. The zero-order valence-electron chi connectivity index (χ0n) is 16.0. The van der Waals surface area contributed by atoms with Crippen molar-refractivity contribution in [2.24, 2.45) is 5.41 Å². The molecule has 0 saturated carbocycles. The zero-order valence-corrected chi connectivity index (χ0v) is 16.0. The molecule has 0 spiro atoms. The first-order valence-electron chi connectivity index (χ1n) is 8.61. The van der Waals surface area contributed by atoms with E-state index in [1.54, 1.807) is 0 Å². The third kappa shape index (κ3) is 11.0. The molecule has 0 saturated heterocycles. The first-order chi connectivity index (χ1) is 12.7. The number of ether oxygens (including phenoxy) is 3. The van der Waals surface area contributed by atoms with Crippen molar-refractivity contribution in [3.05, 3.63) is 0 Å². The van der Waals surface area contributed by atoms with E-state index in [0.717, 1.165) is 6.42 Å². The molecule has 0 aliphatic carbocycles. The third-order valence-electron chi connectivity index (χ3n) is 3.93. The molecule has 28 heavy (non-hydrogen) atoms. The number of rotatable bonds is 12. The number of esters is 3. The van der Waals surface area contributed by atoms with Crippen LogP contribution in [0.1, 0.15) is 52.9 Å². The summed E-state index contributed by atoms with van der Waals surface area (Å²) >= 11 is 0. The van der Waals surface area contributed by atoms with Gasteiger partial charge in [-0.15, -0.1) is 0 Å². The molecule has 0 N–H and O–H groups in total. The Morgan fingerprint density at radius 1 is 0.750 bits per heavy atom.